The molecular formula is C26H35FN4O3S. The second-order valence-corrected chi connectivity index (χ2v) is 11.7. The lowest BCUT2D eigenvalue weighted by Gasteiger charge is -2.41. The minimum atomic E-state index is -1.83. The number of carbonyl (C=O) groups is 2. The zero-order chi connectivity index (χ0) is 25.5. The summed E-state index contributed by atoms with van der Waals surface area (Å²) in [7, 11) is 0. The van der Waals surface area contributed by atoms with E-state index in [4.69, 9.17) is 0 Å². The van der Waals surface area contributed by atoms with Gasteiger partial charge in [0.1, 0.15) is 6.23 Å². The molecule has 0 spiro atoms. The summed E-state index contributed by atoms with van der Waals surface area (Å²) >= 11 is 1.58. The number of hydrogen-bond donors (Lipinski definition) is 3. The average Bonchev–Trinajstić information content (AvgIpc) is 3.18. The Kier molecular flexibility index (Phi) is 7.05. The molecule has 9 heteroatoms. The molecule has 2 fully saturated rings. The van der Waals surface area contributed by atoms with Crippen molar-refractivity contribution in [1.82, 2.24) is 15.2 Å². The van der Waals surface area contributed by atoms with E-state index in [9.17, 15) is 19.1 Å². The first-order chi connectivity index (χ1) is 16.4. The first-order valence-corrected chi connectivity index (χ1v) is 13.0. The van der Waals surface area contributed by atoms with E-state index in [1.807, 2.05) is 58.3 Å². The number of thiazole rings is 1. The quantitative estimate of drug-likeness (QED) is 0.528. The van der Waals surface area contributed by atoms with E-state index < -0.39 is 35.3 Å². The van der Waals surface area contributed by atoms with Gasteiger partial charge in [-0.1, -0.05) is 26.8 Å². The van der Waals surface area contributed by atoms with E-state index in [1.54, 1.807) is 16.2 Å². The van der Waals surface area contributed by atoms with E-state index in [1.165, 1.54) is 0 Å². The van der Waals surface area contributed by atoms with E-state index >= 15 is 0 Å². The van der Waals surface area contributed by atoms with E-state index in [-0.39, 0.29) is 18.7 Å². The standard InChI is InChI=1S/C26H35FN4O3S/c1-15-13-17(20-16(2)28-14-35-20)8-9-18(15)29-22(32)19-7-6-12-31(19)23(33)21(25(3,4)5)30-24(34)26(27)10-11-26/h8-9,13-14,19,21,23,33H,6-7,10-12H2,1-5H3,(H,29,32)(H,30,34)/t19-,21+,23?/m0/s1. The van der Waals surface area contributed by atoms with Crippen LogP contribution in [0, 0.1) is 19.3 Å². The fraction of sp³-hybridized carbons (Fsp3) is 0.577. The van der Waals surface area contributed by atoms with Gasteiger partial charge in [-0.25, -0.2) is 9.37 Å². The third kappa shape index (κ3) is 5.42. The van der Waals surface area contributed by atoms with Crippen LogP contribution in [-0.4, -0.2) is 57.3 Å². The average molecular weight is 503 g/mol. The molecule has 1 aliphatic carbocycles. The molecule has 1 aliphatic heterocycles. The van der Waals surface area contributed by atoms with Gasteiger partial charge in [0.25, 0.3) is 5.91 Å². The number of nitrogens with one attached hydrogen (secondary N) is 2. The zero-order valence-corrected chi connectivity index (χ0v) is 21.8. The molecule has 3 N–H and O–H groups in total. The molecule has 190 valence electrons. The van der Waals surface area contributed by atoms with Crippen LogP contribution in [0.4, 0.5) is 10.1 Å². The summed E-state index contributed by atoms with van der Waals surface area (Å²) < 4.78 is 14.3. The number of aliphatic hydroxyl groups excluding tert-OH is 1. The molecule has 1 aromatic heterocycles. The van der Waals surface area contributed by atoms with E-state index in [2.05, 4.69) is 15.6 Å². The van der Waals surface area contributed by atoms with Gasteiger partial charge < -0.3 is 15.7 Å². The molecule has 2 aromatic rings. The van der Waals surface area contributed by atoms with Crippen molar-refractivity contribution in [3.05, 3.63) is 35.0 Å². The summed E-state index contributed by atoms with van der Waals surface area (Å²) in [5, 5.41) is 17.1. The van der Waals surface area contributed by atoms with Crippen LogP contribution < -0.4 is 10.6 Å². The van der Waals surface area contributed by atoms with Crippen LogP contribution >= 0.6 is 11.3 Å². The fourth-order valence-corrected chi connectivity index (χ4v) is 5.47. The summed E-state index contributed by atoms with van der Waals surface area (Å²) in [4.78, 5) is 32.9. The Bertz CT molecular complexity index is 1110. The Morgan fingerprint density at radius 3 is 2.57 bits per heavy atom. The Morgan fingerprint density at radius 1 is 1.29 bits per heavy atom. The van der Waals surface area contributed by atoms with Crippen LogP contribution in [-0.2, 0) is 9.59 Å². The number of aromatic nitrogens is 1. The Balaban J connectivity index is 1.48. The maximum absolute atomic E-state index is 14.3. The van der Waals surface area contributed by atoms with Crippen molar-refractivity contribution < 1.29 is 19.1 Å². The van der Waals surface area contributed by atoms with Gasteiger partial charge in [-0.3, -0.25) is 14.5 Å². The first-order valence-electron chi connectivity index (χ1n) is 12.2. The number of amides is 2. The van der Waals surface area contributed by atoms with Crippen molar-refractivity contribution in [2.45, 2.75) is 84.3 Å². The summed E-state index contributed by atoms with van der Waals surface area (Å²) in [6, 6.07) is 4.63. The minimum Gasteiger partial charge on any atom is -0.376 e. The van der Waals surface area contributed by atoms with Crippen molar-refractivity contribution in [3.8, 4) is 10.4 Å². The number of nitrogens with zero attached hydrogens (tertiary/aromatic N) is 2. The lowest BCUT2D eigenvalue weighted by molar-refractivity contribution is -0.135. The second-order valence-electron chi connectivity index (χ2n) is 10.9. The maximum atomic E-state index is 14.3. The number of rotatable bonds is 7. The number of benzene rings is 1. The molecule has 7 nitrogen and oxygen atoms in total. The number of aliphatic hydroxyl groups is 1. The molecular weight excluding hydrogens is 467 g/mol. The molecule has 1 saturated heterocycles. The van der Waals surface area contributed by atoms with Gasteiger partial charge in [-0.2, -0.15) is 0 Å². The molecule has 0 radical (unpaired) electrons. The summed E-state index contributed by atoms with van der Waals surface area (Å²) in [5.41, 5.74) is 3.15. The SMILES string of the molecule is Cc1cc(-c2scnc2C)ccc1NC(=O)[C@@H]1CCCN1C(O)[C@@H](NC(=O)C1(F)CC1)C(C)(C)C. The lowest BCUT2D eigenvalue weighted by atomic mass is 9.84. The monoisotopic (exact) mass is 502 g/mol. The molecule has 3 atom stereocenters. The third-order valence-corrected chi connectivity index (χ3v) is 8.02. The fourth-order valence-electron chi connectivity index (χ4n) is 4.66. The molecule has 35 heavy (non-hydrogen) atoms. The van der Waals surface area contributed by atoms with E-state index in [0.717, 1.165) is 33.8 Å². The normalized spacial score (nSPS) is 21.4. The van der Waals surface area contributed by atoms with Crippen LogP contribution in [0.3, 0.4) is 0 Å². The molecule has 2 heterocycles. The van der Waals surface area contributed by atoms with Gasteiger partial charge in [0, 0.05) is 12.2 Å². The highest BCUT2D eigenvalue weighted by molar-refractivity contribution is 7.13. The zero-order valence-electron chi connectivity index (χ0n) is 21.0. The van der Waals surface area contributed by atoms with Gasteiger partial charge >= 0.3 is 0 Å². The first kappa shape index (κ1) is 25.7. The maximum Gasteiger partial charge on any atom is 0.258 e. The summed E-state index contributed by atoms with van der Waals surface area (Å²) in [5.74, 6) is -0.877. The third-order valence-electron chi connectivity index (χ3n) is 7.04. The number of likely N-dealkylation sites (tertiary alicyclic amines) is 1. The number of hydrogen-bond acceptors (Lipinski definition) is 6. The lowest BCUT2D eigenvalue weighted by Crippen LogP contribution is -2.60. The van der Waals surface area contributed by atoms with Gasteiger partial charge in [-0.05, 0) is 68.2 Å². The Hall–Kier alpha value is -2.36. The van der Waals surface area contributed by atoms with Crippen molar-refractivity contribution in [3.63, 3.8) is 0 Å². The predicted octanol–water partition coefficient (Wildman–Crippen LogP) is 4.18. The van der Waals surface area contributed by atoms with Crippen LogP contribution in [0.1, 0.15) is 57.7 Å². The van der Waals surface area contributed by atoms with Gasteiger partial charge in [0.15, 0.2) is 5.67 Å². The Labute approximate surface area is 210 Å². The van der Waals surface area contributed by atoms with Crippen molar-refractivity contribution in [2.24, 2.45) is 5.41 Å². The topological polar surface area (TPSA) is 94.6 Å². The highest BCUT2D eigenvalue weighted by Crippen LogP contribution is 2.41. The molecule has 1 aromatic carbocycles. The molecule has 4 rings (SSSR count). The van der Waals surface area contributed by atoms with Crippen LogP contribution in [0.25, 0.3) is 10.4 Å². The van der Waals surface area contributed by atoms with Gasteiger partial charge in [-0.15, -0.1) is 11.3 Å². The smallest absolute Gasteiger partial charge is 0.258 e. The van der Waals surface area contributed by atoms with E-state index in [0.29, 0.717) is 13.0 Å². The number of carbonyl (C=O) groups excluding carboxylic acids is 2. The molecule has 2 amide bonds. The number of anilines is 1. The van der Waals surface area contributed by atoms with Crippen LogP contribution in [0.2, 0.25) is 0 Å². The molecule has 2 aliphatic rings. The molecule has 1 saturated carbocycles. The number of aryl methyl sites for hydroxylation is 2. The highest BCUT2D eigenvalue weighted by atomic mass is 32.1. The van der Waals surface area contributed by atoms with Gasteiger partial charge in [0.05, 0.1) is 28.2 Å². The second kappa shape index (κ2) is 9.59. The number of alkyl halides is 1. The van der Waals surface area contributed by atoms with Crippen LogP contribution in [0.15, 0.2) is 23.7 Å². The highest BCUT2D eigenvalue weighted by Gasteiger charge is 2.53. The minimum absolute atomic E-state index is 0.200. The number of halogens is 1. The summed E-state index contributed by atoms with van der Waals surface area (Å²) in [6.45, 7) is 10.1. The van der Waals surface area contributed by atoms with Crippen molar-refractivity contribution in [2.75, 3.05) is 11.9 Å². The summed E-state index contributed by atoms with van der Waals surface area (Å²) in [6.07, 6.45) is 0.646. The van der Waals surface area contributed by atoms with Crippen LogP contribution in [0.5, 0.6) is 0 Å². The largest absolute Gasteiger partial charge is 0.376 e. The van der Waals surface area contributed by atoms with Crippen molar-refractivity contribution >= 4 is 28.8 Å². The molecule has 1 unspecified atom stereocenters. The molecule has 0 bridgehead atoms. The predicted molar refractivity (Wildman–Crippen MR) is 136 cm³/mol. The van der Waals surface area contributed by atoms with Gasteiger partial charge in [0.2, 0.25) is 5.91 Å². The Morgan fingerprint density at radius 2 is 2.00 bits per heavy atom. The van der Waals surface area contributed by atoms with Crippen molar-refractivity contribution in [1.29, 1.82) is 0 Å².